The lowest BCUT2D eigenvalue weighted by molar-refractivity contribution is -0.124. The topological polar surface area (TPSA) is 84.9 Å². The van der Waals surface area contributed by atoms with Gasteiger partial charge in [0.25, 0.3) is 5.91 Å². The monoisotopic (exact) mass is 315 g/mol. The molecule has 0 aliphatic carbocycles. The van der Waals surface area contributed by atoms with Crippen molar-refractivity contribution < 1.29 is 24.2 Å². The zero-order valence-electron chi connectivity index (χ0n) is 12.6. The molecule has 0 radical (unpaired) electrons. The Bertz CT molecular complexity index is 685. The summed E-state index contributed by atoms with van der Waals surface area (Å²) in [5.41, 5.74) is 0.887. The number of hydrogen-bond donors (Lipinski definition) is 2. The van der Waals surface area contributed by atoms with E-state index in [1.165, 1.54) is 19.2 Å². The number of carbonyl (C=O) groups is 2. The summed E-state index contributed by atoms with van der Waals surface area (Å²) < 4.78 is 9.80. The molecule has 0 saturated carbocycles. The molecular formula is C17H17NO5. The fourth-order valence-electron chi connectivity index (χ4n) is 1.91. The molecule has 0 saturated heterocycles. The molecule has 2 aromatic carbocycles. The van der Waals surface area contributed by atoms with E-state index in [2.05, 4.69) is 5.32 Å². The standard InChI is InChI=1S/C17H17NO5/c1-22-14-9-5-8-13(16(14)20)17(21)23-11-15(19)18-10-12-6-3-2-4-7-12/h2-9,20H,10-11H2,1H3,(H,18,19). The highest BCUT2D eigenvalue weighted by atomic mass is 16.5. The Balaban J connectivity index is 1.85. The van der Waals surface area contributed by atoms with Crippen LogP contribution >= 0.6 is 0 Å². The minimum absolute atomic E-state index is 0.0554. The van der Waals surface area contributed by atoms with Gasteiger partial charge in [-0.25, -0.2) is 4.79 Å². The lowest BCUT2D eigenvalue weighted by Gasteiger charge is -2.09. The molecule has 2 N–H and O–H groups in total. The van der Waals surface area contributed by atoms with Gasteiger partial charge in [-0.3, -0.25) is 4.79 Å². The van der Waals surface area contributed by atoms with Crippen molar-refractivity contribution in [3.8, 4) is 11.5 Å². The van der Waals surface area contributed by atoms with Crippen LogP contribution in [-0.2, 0) is 16.1 Å². The van der Waals surface area contributed by atoms with E-state index in [0.717, 1.165) is 5.56 Å². The molecule has 0 spiro atoms. The number of nitrogens with one attached hydrogen (secondary N) is 1. The van der Waals surface area contributed by atoms with E-state index in [0.29, 0.717) is 6.54 Å². The third-order valence-electron chi connectivity index (χ3n) is 3.11. The summed E-state index contributed by atoms with van der Waals surface area (Å²) in [5.74, 6) is -1.38. The molecule has 0 aromatic heterocycles. The van der Waals surface area contributed by atoms with E-state index in [-0.39, 0.29) is 17.1 Å². The Morgan fingerprint density at radius 2 is 1.83 bits per heavy atom. The third kappa shape index (κ3) is 4.47. The van der Waals surface area contributed by atoms with Crippen LogP contribution in [0.3, 0.4) is 0 Å². The Hall–Kier alpha value is -3.02. The van der Waals surface area contributed by atoms with Gasteiger partial charge >= 0.3 is 5.97 Å². The molecule has 1 amide bonds. The molecule has 0 fully saturated rings. The van der Waals surface area contributed by atoms with Gasteiger partial charge in [-0.15, -0.1) is 0 Å². The largest absolute Gasteiger partial charge is 0.504 e. The van der Waals surface area contributed by atoms with Crippen molar-refractivity contribution in [2.75, 3.05) is 13.7 Å². The molecule has 0 aliphatic rings. The SMILES string of the molecule is COc1cccc(C(=O)OCC(=O)NCc2ccccc2)c1O. The highest BCUT2D eigenvalue weighted by Crippen LogP contribution is 2.29. The Labute approximate surface area is 133 Å². The molecular weight excluding hydrogens is 298 g/mol. The van der Waals surface area contributed by atoms with Crippen molar-refractivity contribution in [2.24, 2.45) is 0 Å². The van der Waals surface area contributed by atoms with Gasteiger partial charge in [-0.05, 0) is 17.7 Å². The summed E-state index contributed by atoms with van der Waals surface area (Å²) in [7, 11) is 1.38. The fraction of sp³-hybridized carbons (Fsp3) is 0.176. The van der Waals surface area contributed by atoms with Gasteiger partial charge in [-0.2, -0.15) is 0 Å². The predicted molar refractivity (Wildman–Crippen MR) is 83.2 cm³/mol. The molecule has 0 heterocycles. The summed E-state index contributed by atoms with van der Waals surface area (Å²) in [6.45, 7) is -0.0794. The number of rotatable bonds is 6. The van der Waals surface area contributed by atoms with Crippen LogP contribution in [0.25, 0.3) is 0 Å². The third-order valence-corrected chi connectivity index (χ3v) is 3.11. The van der Waals surface area contributed by atoms with E-state index >= 15 is 0 Å². The lowest BCUT2D eigenvalue weighted by atomic mass is 10.2. The van der Waals surface area contributed by atoms with Crippen molar-refractivity contribution in [1.82, 2.24) is 5.32 Å². The molecule has 2 aromatic rings. The minimum Gasteiger partial charge on any atom is -0.504 e. The maximum atomic E-state index is 11.9. The van der Waals surface area contributed by atoms with Crippen LogP contribution < -0.4 is 10.1 Å². The molecule has 120 valence electrons. The Kier molecular flexibility index (Phi) is 5.57. The van der Waals surface area contributed by atoms with E-state index in [1.807, 2.05) is 30.3 Å². The van der Waals surface area contributed by atoms with E-state index in [1.54, 1.807) is 6.07 Å². The molecule has 0 unspecified atom stereocenters. The minimum atomic E-state index is -0.795. The summed E-state index contributed by atoms with van der Waals surface area (Å²) in [4.78, 5) is 23.6. The number of esters is 1. The van der Waals surface area contributed by atoms with Gasteiger partial charge in [0.1, 0.15) is 5.56 Å². The quantitative estimate of drug-likeness (QED) is 0.795. The smallest absolute Gasteiger partial charge is 0.342 e. The predicted octanol–water partition coefficient (Wildman–Crippen LogP) is 1.87. The zero-order valence-corrected chi connectivity index (χ0v) is 12.6. The number of benzene rings is 2. The van der Waals surface area contributed by atoms with Gasteiger partial charge in [0, 0.05) is 6.54 Å². The molecule has 23 heavy (non-hydrogen) atoms. The van der Waals surface area contributed by atoms with E-state index < -0.39 is 18.5 Å². The Morgan fingerprint density at radius 1 is 1.09 bits per heavy atom. The molecule has 6 heteroatoms. The second kappa shape index (κ2) is 7.84. The van der Waals surface area contributed by atoms with Crippen molar-refractivity contribution >= 4 is 11.9 Å². The van der Waals surface area contributed by atoms with E-state index in [9.17, 15) is 14.7 Å². The van der Waals surface area contributed by atoms with Crippen LogP contribution in [0.2, 0.25) is 0 Å². The van der Waals surface area contributed by atoms with Gasteiger partial charge in [-0.1, -0.05) is 36.4 Å². The fourth-order valence-corrected chi connectivity index (χ4v) is 1.91. The number of ether oxygens (including phenoxy) is 2. The molecule has 0 aliphatic heterocycles. The van der Waals surface area contributed by atoms with Crippen LogP contribution in [0.5, 0.6) is 11.5 Å². The maximum Gasteiger partial charge on any atom is 0.342 e. The zero-order chi connectivity index (χ0) is 16.7. The van der Waals surface area contributed by atoms with Crippen molar-refractivity contribution in [3.63, 3.8) is 0 Å². The van der Waals surface area contributed by atoms with Gasteiger partial charge < -0.3 is 19.9 Å². The number of para-hydroxylation sites is 1. The highest BCUT2D eigenvalue weighted by Gasteiger charge is 2.17. The summed E-state index contributed by atoms with van der Waals surface area (Å²) in [6.07, 6.45) is 0. The Morgan fingerprint density at radius 3 is 2.52 bits per heavy atom. The van der Waals surface area contributed by atoms with Crippen molar-refractivity contribution in [1.29, 1.82) is 0 Å². The van der Waals surface area contributed by atoms with Crippen LogP contribution in [0.15, 0.2) is 48.5 Å². The number of hydrogen-bond acceptors (Lipinski definition) is 5. The van der Waals surface area contributed by atoms with Crippen molar-refractivity contribution in [3.05, 3.63) is 59.7 Å². The number of methoxy groups -OCH3 is 1. The van der Waals surface area contributed by atoms with Gasteiger partial charge in [0.05, 0.1) is 7.11 Å². The summed E-state index contributed by atoms with van der Waals surface area (Å²) in [6, 6.07) is 13.8. The lowest BCUT2D eigenvalue weighted by Crippen LogP contribution is -2.28. The first-order valence-corrected chi connectivity index (χ1v) is 6.95. The van der Waals surface area contributed by atoms with Crippen LogP contribution in [0, 0.1) is 0 Å². The molecule has 0 atom stereocenters. The van der Waals surface area contributed by atoms with Gasteiger partial charge in [0.15, 0.2) is 18.1 Å². The van der Waals surface area contributed by atoms with Crippen LogP contribution in [-0.4, -0.2) is 30.7 Å². The molecule has 6 nitrogen and oxygen atoms in total. The summed E-state index contributed by atoms with van der Waals surface area (Å²) in [5, 5.41) is 12.5. The van der Waals surface area contributed by atoms with Crippen molar-refractivity contribution in [2.45, 2.75) is 6.54 Å². The second-order valence-electron chi connectivity index (χ2n) is 4.69. The number of amides is 1. The highest BCUT2D eigenvalue weighted by molar-refractivity contribution is 5.94. The van der Waals surface area contributed by atoms with Crippen LogP contribution in [0.1, 0.15) is 15.9 Å². The first-order chi connectivity index (χ1) is 11.1. The number of carbonyl (C=O) groups excluding carboxylic acids is 2. The summed E-state index contributed by atoms with van der Waals surface area (Å²) >= 11 is 0. The van der Waals surface area contributed by atoms with E-state index in [4.69, 9.17) is 9.47 Å². The number of aromatic hydroxyl groups is 1. The first kappa shape index (κ1) is 16.4. The average Bonchev–Trinajstić information content (AvgIpc) is 2.59. The van der Waals surface area contributed by atoms with Crippen LogP contribution in [0.4, 0.5) is 0 Å². The number of phenolic OH excluding ortho intramolecular Hbond substituents is 1. The number of phenols is 1. The van der Waals surface area contributed by atoms with Gasteiger partial charge in [0.2, 0.25) is 0 Å². The molecule has 2 rings (SSSR count). The normalized spacial score (nSPS) is 9.96. The molecule has 0 bridgehead atoms. The average molecular weight is 315 g/mol. The first-order valence-electron chi connectivity index (χ1n) is 6.95. The maximum absolute atomic E-state index is 11.9. The second-order valence-corrected chi connectivity index (χ2v) is 4.69.